The van der Waals surface area contributed by atoms with Crippen LogP contribution < -0.4 is 0 Å². The predicted octanol–water partition coefficient (Wildman–Crippen LogP) is 13.8. The molecule has 0 spiro atoms. The third kappa shape index (κ3) is 6.35. The summed E-state index contributed by atoms with van der Waals surface area (Å²) in [6.45, 7) is 4.31. The quantitative estimate of drug-likeness (QED) is 0.152. The van der Waals surface area contributed by atoms with Gasteiger partial charge in [0.25, 0.3) is 0 Å². The van der Waals surface area contributed by atoms with Crippen LogP contribution in [0.4, 0.5) is 0 Å². The van der Waals surface area contributed by atoms with Crippen molar-refractivity contribution in [3.63, 3.8) is 0 Å². The van der Waals surface area contributed by atoms with Crippen molar-refractivity contribution in [2.75, 3.05) is 0 Å². The summed E-state index contributed by atoms with van der Waals surface area (Å²) in [6, 6.07) is 64.6. The average Bonchev–Trinajstić information content (AvgIpc) is 3.78. The molecule has 0 fully saturated rings. The molecule has 0 N–H and O–H groups in total. The lowest BCUT2D eigenvalue weighted by Crippen LogP contribution is -2.01. The van der Waals surface area contributed by atoms with Crippen LogP contribution >= 0.6 is 0 Å². The number of hydrogen-bond donors (Lipinski definition) is 0. The van der Waals surface area contributed by atoms with E-state index in [1.165, 1.54) is 44.0 Å². The number of para-hydroxylation sites is 3. The number of hydrogen-bond acceptors (Lipinski definition) is 2. The van der Waals surface area contributed by atoms with E-state index >= 15 is 0 Å². The predicted molar refractivity (Wildman–Crippen MR) is 244 cm³/mol. The van der Waals surface area contributed by atoms with Crippen LogP contribution in [0, 0.1) is 19.8 Å². The van der Waals surface area contributed by atoms with Gasteiger partial charge in [0.1, 0.15) is 0 Å². The monoisotopic (exact) mass is 744 g/mol. The molecular weight excluding hydrogens is 705 g/mol. The minimum absolute atomic E-state index is 0.709. The Labute approximate surface area is 339 Å². The van der Waals surface area contributed by atoms with Gasteiger partial charge in [0.05, 0.1) is 27.9 Å². The Hall–Kier alpha value is -7.74. The lowest BCUT2D eigenvalue weighted by atomic mass is 10.0. The first-order chi connectivity index (χ1) is 28.6. The van der Waals surface area contributed by atoms with E-state index in [-0.39, 0.29) is 0 Å². The number of allylic oxidation sites excluding steroid dienone is 1. The minimum atomic E-state index is 0.709. The van der Waals surface area contributed by atoms with Crippen LogP contribution in [0.25, 0.3) is 95.2 Å². The molecule has 3 heterocycles. The molecule has 0 aliphatic heterocycles. The fraction of sp³-hybridized carbons (Fsp3) is 0.0370. The summed E-state index contributed by atoms with van der Waals surface area (Å²) in [5.74, 6) is 0.709. The normalized spacial score (nSPS) is 11.3. The Morgan fingerprint density at radius 3 is 1.45 bits per heavy atom. The third-order valence-electron chi connectivity index (χ3n) is 10.8. The molecule has 4 heteroatoms. The molecule has 0 aliphatic rings. The van der Waals surface area contributed by atoms with Gasteiger partial charge in [-0.25, -0.2) is 9.97 Å². The maximum Gasteiger partial charge on any atom is 0.160 e. The molecule has 7 aromatic carbocycles. The van der Waals surface area contributed by atoms with E-state index in [1.807, 2.05) is 24.3 Å². The van der Waals surface area contributed by atoms with E-state index in [0.717, 1.165) is 50.6 Å². The Bertz CT molecular complexity index is 3020. The second-order valence-electron chi connectivity index (χ2n) is 14.2. The lowest BCUT2D eigenvalue weighted by molar-refractivity contribution is 1.04. The molecule has 0 aliphatic carbocycles. The molecule has 3 aromatic heterocycles. The Balaban J connectivity index is 0.00000215. The summed E-state index contributed by atoms with van der Waals surface area (Å²) in [4.78, 5) is 10.1. The van der Waals surface area contributed by atoms with Crippen LogP contribution in [0.1, 0.15) is 18.2 Å². The van der Waals surface area contributed by atoms with Gasteiger partial charge in [0, 0.05) is 55.5 Å². The molecule has 10 aromatic rings. The average molecular weight is 745 g/mol. The van der Waals surface area contributed by atoms with Crippen molar-refractivity contribution in [2.45, 2.75) is 13.8 Å². The largest absolute Gasteiger partial charge is 0.313 e. The molecule has 0 atom stereocenters. The molecule has 0 amide bonds. The molecule has 10 rings (SSSR count). The molecule has 0 unspecified atom stereocenters. The highest BCUT2D eigenvalue weighted by Gasteiger charge is 2.18. The van der Waals surface area contributed by atoms with Crippen LogP contribution in [0.5, 0.6) is 0 Å². The maximum atomic E-state index is 5.09. The van der Waals surface area contributed by atoms with Crippen molar-refractivity contribution >= 4 is 38.8 Å². The first kappa shape index (κ1) is 35.9. The minimum Gasteiger partial charge on any atom is -0.313 e. The summed E-state index contributed by atoms with van der Waals surface area (Å²) in [7, 11) is 0. The first-order valence-corrected chi connectivity index (χ1v) is 19.5. The molecule has 4 nitrogen and oxygen atoms in total. The van der Waals surface area contributed by atoms with Gasteiger partial charge in [-0.05, 0) is 67.4 Å². The number of fused-ring (bicyclic) bond motifs is 4. The van der Waals surface area contributed by atoms with E-state index in [1.54, 1.807) is 0 Å². The number of aromatic nitrogens is 4. The zero-order valence-corrected chi connectivity index (χ0v) is 32.4. The van der Waals surface area contributed by atoms with E-state index < -0.39 is 0 Å². The SMILES string of the molecule is C#C.C/C=C\c1c(C)n(-c2cc(-c3ccc(-c4cc(-c5ccccc5)nc(-c5ccccc5)n4)cc3)cc(-n3c4ccccc4c4ccccc43)c2)c2ccccc12. The molecular formula is C54H40N4. The maximum absolute atomic E-state index is 5.09. The van der Waals surface area contributed by atoms with Gasteiger partial charge in [-0.15, -0.1) is 12.8 Å². The summed E-state index contributed by atoms with van der Waals surface area (Å²) < 4.78 is 4.83. The van der Waals surface area contributed by atoms with Gasteiger partial charge in [0.2, 0.25) is 0 Å². The van der Waals surface area contributed by atoms with Gasteiger partial charge < -0.3 is 9.13 Å². The van der Waals surface area contributed by atoms with Crippen molar-refractivity contribution in [3.8, 4) is 69.3 Å². The van der Waals surface area contributed by atoms with E-state index in [9.17, 15) is 0 Å². The molecule has 276 valence electrons. The molecule has 0 saturated carbocycles. The number of benzene rings is 7. The van der Waals surface area contributed by atoms with Gasteiger partial charge in [-0.2, -0.15) is 0 Å². The van der Waals surface area contributed by atoms with Crippen LogP contribution in [0.2, 0.25) is 0 Å². The Morgan fingerprint density at radius 1 is 0.431 bits per heavy atom. The highest BCUT2D eigenvalue weighted by atomic mass is 15.0. The standard InChI is InChI=1S/C52H38N4.C2H2/c1-3-16-43-35(2)55(49-24-13-10-21-44(43)49)41-31-40(32-42(33-41)56-50-25-14-11-22-45(50)46-23-12-15-26-51(46)56)36-27-29-38(30-28-36)48-34-47(37-17-6-4-7-18-37)53-52(54-48)39-19-8-5-9-20-39;1-2/h3-34H,1-2H3;1-2H/b16-3-;. The smallest absolute Gasteiger partial charge is 0.160 e. The van der Waals surface area contributed by atoms with Crippen molar-refractivity contribution in [1.29, 1.82) is 0 Å². The Kier molecular flexibility index (Phi) is 9.55. The van der Waals surface area contributed by atoms with E-state index in [4.69, 9.17) is 9.97 Å². The van der Waals surface area contributed by atoms with Crippen LogP contribution in [-0.4, -0.2) is 19.1 Å². The van der Waals surface area contributed by atoms with E-state index in [2.05, 4.69) is 206 Å². The fourth-order valence-electron chi connectivity index (χ4n) is 8.22. The Morgan fingerprint density at radius 2 is 0.879 bits per heavy atom. The summed E-state index contributed by atoms with van der Waals surface area (Å²) >= 11 is 0. The summed E-state index contributed by atoms with van der Waals surface area (Å²) in [5, 5.41) is 3.73. The number of rotatable bonds is 7. The molecule has 0 saturated heterocycles. The van der Waals surface area contributed by atoms with Crippen molar-refractivity contribution in [3.05, 3.63) is 199 Å². The molecule has 58 heavy (non-hydrogen) atoms. The zero-order chi connectivity index (χ0) is 39.6. The van der Waals surface area contributed by atoms with Gasteiger partial charge in [-0.1, -0.05) is 152 Å². The topological polar surface area (TPSA) is 35.6 Å². The van der Waals surface area contributed by atoms with Gasteiger partial charge >= 0.3 is 0 Å². The van der Waals surface area contributed by atoms with Crippen LogP contribution in [0.15, 0.2) is 188 Å². The summed E-state index contributed by atoms with van der Waals surface area (Å²) in [5.41, 5.74) is 15.3. The second kappa shape index (κ2) is 15.4. The van der Waals surface area contributed by atoms with E-state index in [0.29, 0.717) is 5.82 Å². The van der Waals surface area contributed by atoms with Crippen molar-refractivity contribution in [2.24, 2.45) is 0 Å². The second-order valence-corrected chi connectivity index (χ2v) is 14.2. The highest BCUT2D eigenvalue weighted by molar-refractivity contribution is 6.09. The highest BCUT2D eigenvalue weighted by Crippen LogP contribution is 2.38. The fourth-order valence-corrected chi connectivity index (χ4v) is 8.22. The molecule has 0 bridgehead atoms. The lowest BCUT2D eigenvalue weighted by Gasteiger charge is -2.16. The van der Waals surface area contributed by atoms with Gasteiger partial charge in [0.15, 0.2) is 5.82 Å². The molecule has 0 radical (unpaired) electrons. The van der Waals surface area contributed by atoms with Crippen LogP contribution in [0.3, 0.4) is 0 Å². The summed E-state index contributed by atoms with van der Waals surface area (Å²) in [6.07, 6.45) is 12.4. The third-order valence-corrected chi connectivity index (χ3v) is 10.8. The van der Waals surface area contributed by atoms with Gasteiger partial charge in [-0.3, -0.25) is 0 Å². The van der Waals surface area contributed by atoms with Crippen LogP contribution in [-0.2, 0) is 0 Å². The number of nitrogens with zero attached hydrogens (tertiary/aromatic N) is 4. The first-order valence-electron chi connectivity index (χ1n) is 19.5. The van der Waals surface area contributed by atoms with Crippen molar-refractivity contribution < 1.29 is 0 Å². The zero-order valence-electron chi connectivity index (χ0n) is 32.4. The number of terminal acetylenes is 1. The van der Waals surface area contributed by atoms with Crippen molar-refractivity contribution in [1.82, 2.24) is 19.1 Å².